The SMILES string of the molecule is CC(C)[C@H](CO)Nc1nc(N(C)CCc2ccc(O)c(O)c2)c2nnn(C(C)C)c2n1. The van der Waals surface area contributed by atoms with Gasteiger partial charge in [0.15, 0.2) is 28.5 Å². The van der Waals surface area contributed by atoms with Crippen molar-refractivity contribution in [2.45, 2.75) is 46.2 Å². The average molecular weight is 430 g/mol. The standard InChI is InChI=1S/C21H31N7O3/c1-12(2)15(11-29)22-21-23-19(18-20(24-21)28(13(3)4)26-25-18)27(5)9-8-14-6-7-16(30)17(31)10-14/h6-7,10,12-13,15,29-31H,8-9,11H2,1-5H3,(H,22,23,24)/t15-/m0/s1. The number of rotatable bonds is 9. The lowest BCUT2D eigenvalue weighted by Crippen LogP contribution is -2.31. The van der Waals surface area contributed by atoms with Gasteiger partial charge >= 0.3 is 0 Å². The second-order valence-electron chi connectivity index (χ2n) is 8.34. The molecular formula is C21H31N7O3. The molecule has 1 atom stereocenters. The first kappa shape index (κ1) is 22.5. The summed E-state index contributed by atoms with van der Waals surface area (Å²) in [5.41, 5.74) is 2.11. The third kappa shape index (κ3) is 4.96. The Morgan fingerprint density at radius 3 is 2.45 bits per heavy atom. The molecule has 2 aromatic heterocycles. The smallest absolute Gasteiger partial charge is 0.227 e. The van der Waals surface area contributed by atoms with Crippen LogP contribution in [0.3, 0.4) is 0 Å². The van der Waals surface area contributed by atoms with E-state index in [1.165, 1.54) is 6.07 Å². The maximum absolute atomic E-state index is 9.73. The van der Waals surface area contributed by atoms with Gasteiger partial charge < -0.3 is 25.5 Å². The second-order valence-corrected chi connectivity index (χ2v) is 8.34. The number of benzene rings is 1. The van der Waals surface area contributed by atoms with Crippen LogP contribution in [0.2, 0.25) is 0 Å². The number of aromatic nitrogens is 5. The quantitative estimate of drug-likeness (QED) is 0.378. The van der Waals surface area contributed by atoms with Crippen molar-refractivity contribution in [1.82, 2.24) is 25.0 Å². The van der Waals surface area contributed by atoms with E-state index in [0.717, 1.165) is 5.56 Å². The van der Waals surface area contributed by atoms with Crippen LogP contribution in [0, 0.1) is 5.92 Å². The Labute approximate surface area is 181 Å². The van der Waals surface area contributed by atoms with Crippen molar-refractivity contribution in [2.75, 3.05) is 30.4 Å². The molecule has 10 heteroatoms. The minimum Gasteiger partial charge on any atom is -0.504 e. The molecule has 0 aliphatic carbocycles. The van der Waals surface area contributed by atoms with Gasteiger partial charge in [0.25, 0.3) is 0 Å². The van der Waals surface area contributed by atoms with Crippen LogP contribution in [-0.4, -0.2) is 66.5 Å². The zero-order valence-corrected chi connectivity index (χ0v) is 18.6. The molecule has 0 fully saturated rings. The summed E-state index contributed by atoms with van der Waals surface area (Å²) in [6.45, 7) is 8.62. The maximum Gasteiger partial charge on any atom is 0.227 e. The summed E-state index contributed by atoms with van der Waals surface area (Å²) in [6.07, 6.45) is 0.627. The summed E-state index contributed by atoms with van der Waals surface area (Å²) >= 11 is 0. The summed E-state index contributed by atoms with van der Waals surface area (Å²) in [5.74, 6) is 0.955. The average Bonchev–Trinajstić information content (AvgIpc) is 3.16. The Balaban J connectivity index is 1.93. The fourth-order valence-electron chi connectivity index (χ4n) is 3.21. The van der Waals surface area contributed by atoms with Crippen LogP contribution in [0.4, 0.5) is 11.8 Å². The molecule has 4 N–H and O–H groups in total. The number of fused-ring (bicyclic) bond motifs is 1. The lowest BCUT2D eigenvalue weighted by atomic mass is 10.1. The molecule has 0 saturated carbocycles. The molecule has 3 rings (SSSR count). The van der Waals surface area contributed by atoms with E-state index < -0.39 is 0 Å². The summed E-state index contributed by atoms with van der Waals surface area (Å²) in [4.78, 5) is 11.3. The number of nitrogens with zero attached hydrogens (tertiary/aromatic N) is 6. The van der Waals surface area contributed by atoms with Crippen LogP contribution in [0.15, 0.2) is 18.2 Å². The summed E-state index contributed by atoms with van der Waals surface area (Å²) in [5, 5.41) is 40.7. The minimum absolute atomic E-state index is 0.0315. The highest BCUT2D eigenvalue weighted by atomic mass is 16.3. The van der Waals surface area contributed by atoms with E-state index in [9.17, 15) is 15.3 Å². The van der Waals surface area contributed by atoms with E-state index in [4.69, 9.17) is 0 Å². The number of hydrogen-bond donors (Lipinski definition) is 4. The minimum atomic E-state index is -0.182. The van der Waals surface area contributed by atoms with Crippen LogP contribution < -0.4 is 10.2 Å². The van der Waals surface area contributed by atoms with Gasteiger partial charge in [0.05, 0.1) is 18.7 Å². The molecule has 0 amide bonds. The van der Waals surface area contributed by atoms with Crippen LogP contribution in [0.1, 0.15) is 39.3 Å². The predicted molar refractivity (Wildman–Crippen MR) is 120 cm³/mol. The van der Waals surface area contributed by atoms with E-state index in [0.29, 0.717) is 35.9 Å². The highest BCUT2D eigenvalue weighted by Crippen LogP contribution is 2.27. The molecule has 0 spiro atoms. The van der Waals surface area contributed by atoms with Crippen molar-refractivity contribution >= 4 is 22.9 Å². The normalized spacial score (nSPS) is 12.6. The Hall–Kier alpha value is -3.14. The van der Waals surface area contributed by atoms with Crippen LogP contribution >= 0.6 is 0 Å². The molecule has 2 heterocycles. The van der Waals surface area contributed by atoms with Crippen molar-refractivity contribution in [3.8, 4) is 11.5 Å². The topological polar surface area (TPSA) is 132 Å². The number of anilines is 2. The van der Waals surface area contributed by atoms with Crippen molar-refractivity contribution < 1.29 is 15.3 Å². The van der Waals surface area contributed by atoms with Crippen molar-refractivity contribution in [3.05, 3.63) is 23.8 Å². The molecule has 0 unspecified atom stereocenters. The molecule has 0 aliphatic heterocycles. The van der Waals surface area contributed by atoms with E-state index in [2.05, 4.69) is 25.6 Å². The first-order valence-electron chi connectivity index (χ1n) is 10.4. The largest absolute Gasteiger partial charge is 0.504 e. The van der Waals surface area contributed by atoms with Gasteiger partial charge in [-0.2, -0.15) is 9.97 Å². The molecule has 0 saturated heterocycles. The molecule has 0 bridgehead atoms. The first-order chi connectivity index (χ1) is 14.7. The zero-order valence-electron chi connectivity index (χ0n) is 18.6. The van der Waals surface area contributed by atoms with Crippen LogP contribution in [-0.2, 0) is 6.42 Å². The highest BCUT2D eigenvalue weighted by Gasteiger charge is 2.21. The summed E-state index contributed by atoms with van der Waals surface area (Å²) in [7, 11) is 1.91. The summed E-state index contributed by atoms with van der Waals surface area (Å²) in [6, 6.07) is 4.69. The van der Waals surface area contributed by atoms with Gasteiger partial charge in [0.1, 0.15) is 0 Å². The molecule has 0 radical (unpaired) electrons. The third-order valence-corrected chi connectivity index (χ3v) is 5.25. The van der Waals surface area contributed by atoms with Gasteiger partial charge in [0.2, 0.25) is 5.95 Å². The number of nitrogens with one attached hydrogen (secondary N) is 1. The van der Waals surface area contributed by atoms with E-state index >= 15 is 0 Å². The van der Waals surface area contributed by atoms with Gasteiger partial charge in [0, 0.05) is 13.6 Å². The third-order valence-electron chi connectivity index (χ3n) is 5.25. The monoisotopic (exact) mass is 429 g/mol. The Morgan fingerprint density at radius 1 is 1.10 bits per heavy atom. The number of aliphatic hydroxyl groups excluding tert-OH is 1. The number of aliphatic hydroxyl groups is 1. The molecular weight excluding hydrogens is 398 g/mol. The van der Waals surface area contributed by atoms with Crippen molar-refractivity contribution in [1.29, 1.82) is 0 Å². The second kappa shape index (κ2) is 9.34. The molecule has 168 valence electrons. The number of likely N-dealkylation sites (N-methyl/N-ethyl adjacent to an activating group) is 1. The number of hydrogen-bond acceptors (Lipinski definition) is 9. The molecule has 31 heavy (non-hydrogen) atoms. The van der Waals surface area contributed by atoms with Gasteiger partial charge in [-0.25, -0.2) is 4.68 Å². The summed E-state index contributed by atoms with van der Waals surface area (Å²) < 4.78 is 1.75. The fraction of sp³-hybridized carbons (Fsp3) is 0.524. The van der Waals surface area contributed by atoms with Crippen molar-refractivity contribution in [3.63, 3.8) is 0 Å². The van der Waals surface area contributed by atoms with Gasteiger partial charge in [-0.1, -0.05) is 25.1 Å². The Morgan fingerprint density at radius 2 is 1.84 bits per heavy atom. The van der Waals surface area contributed by atoms with Gasteiger partial charge in [-0.05, 0) is 43.9 Å². The molecule has 0 aliphatic rings. The lowest BCUT2D eigenvalue weighted by Gasteiger charge is -2.22. The van der Waals surface area contributed by atoms with Crippen LogP contribution in [0.5, 0.6) is 11.5 Å². The van der Waals surface area contributed by atoms with Crippen molar-refractivity contribution in [2.24, 2.45) is 5.92 Å². The lowest BCUT2D eigenvalue weighted by molar-refractivity contribution is 0.248. The van der Waals surface area contributed by atoms with Crippen LogP contribution in [0.25, 0.3) is 11.2 Å². The predicted octanol–water partition coefficient (Wildman–Crippen LogP) is 2.32. The van der Waals surface area contributed by atoms with E-state index in [1.807, 2.05) is 39.6 Å². The fourth-order valence-corrected chi connectivity index (χ4v) is 3.21. The number of aromatic hydroxyl groups is 2. The highest BCUT2D eigenvalue weighted by molar-refractivity contribution is 5.84. The molecule has 1 aromatic carbocycles. The number of phenols is 2. The van der Waals surface area contributed by atoms with Gasteiger partial charge in [-0.15, -0.1) is 5.10 Å². The molecule has 3 aromatic rings. The van der Waals surface area contributed by atoms with E-state index in [1.54, 1.807) is 16.8 Å². The Kier molecular flexibility index (Phi) is 6.79. The number of phenolic OH excluding ortho intramolecular Hbond substituents is 2. The van der Waals surface area contributed by atoms with E-state index in [-0.39, 0.29) is 36.1 Å². The molecule has 10 nitrogen and oxygen atoms in total. The maximum atomic E-state index is 9.73. The zero-order chi connectivity index (χ0) is 22.7. The first-order valence-corrected chi connectivity index (χ1v) is 10.4. The Bertz CT molecular complexity index is 1040. The van der Waals surface area contributed by atoms with Gasteiger partial charge in [-0.3, -0.25) is 0 Å².